The molecule has 0 saturated carbocycles. The highest BCUT2D eigenvalue weighted by Crippen LogP contribution is 2.32. The number of nitrogens with one attached hydrogen (secondary N) is 1. The Kier molecular flexibility index (Phi) is 8.62. The van der Waals surface area contributed by atoms with E-state index in [2.05, 4.69) is 40.3 Å². The van der Waals surface area contributed by atoms with Crippen molar-refractivity contribution in [2.75, 3.05) is 37.6 Å². The van der Waals surface area contributed by atoms with Crippen molar-refractivity contribution in [2.24, 2.45) is 5.92 Å². The average Bonchev–Trinajstić information content (AvgIpc) is 2.87. The van der Waals surface area contributed by atoms with Crippen LogP contribution in [0.25, 0.3) is 0 Å². The van der Waals surface area contributed by atoms with Crippen LogP contribution in [0.1, 0.15) is 62.8 Å². The fraction of sp³-hybridized carbons (Fsp3) is 0.571. The third-order valence-corrected chi connectivity index (χ3v) is 7.34. The highest BCUT2D eigenvalue weighted by atomic mass is 19.4. The normalized spacial score (nSPS) is 19.1. The van der Waals surface area contributed by atoms with Crippen molar-refractivity contribution in [2.45, 2.75) is 64.8 Å². The maximum absolute atomic E-state index is 12.8. The lowest BCUT2D eigenvalue weighted by molar-refractivity contribution is -0.137. The third-order valence-electron chi connectivity index (χ3n) is 7.34. The molecule has 1 aromatic carbocycles. The van der Waals surface area contributed by atoms with E-state index in [9.17, 15) is 18.0 Å². The van der Waals surface area contributed by atoms with E-state index in [0.29, 0.717) is 44.3 Å². The van der Waals surface area contributed by atoms with Crippen LogP contribution in [0, 0.1) is 5.92 Å². The number of hydrogen-bond acceptors (Lipinski definition) is 5. The SMILES string of the molecule is CC(C)Oc1ccc2c(c1)CCN(CCCNC(=O)C1CCN(c3ccc(C(F)(F)F)cn3)CC1)C2C. The Labute approximate surface area is 217 Å². The maximum atomic E-state index is 12.8. The molecule has 1 aromatic heterocycles. The minimum atomic E-state index is -4.39. The van der Waals surface area contributed by atoms with Gasteiger partial charge in [0, 0.05) is 50.9 Å². The van der Waals surface area contributed by atoms with E-state index in [1.165, 1.54) is 17.2 Å². The van der Waals surface area contributed by atoms with Crippen LogP contribution in [0.5, 0.6) is 5.75 Å². The monoisotopic (exact) mass is 518 g/mol. The van der Waals surface area contributed by atoms with Crippen molar-refractivity contribution in [3.05, 3.63) is 53.2 Å². The van der Waals surface area contributed by atoms with E-state index >= 15 is 0 Å². The Morgan fingerprint density at radius 2 is 1.92 bits per heavy atom. The number of halogens is 3. The Bertz CT molecular complexity index is 1050. The number of alkyl halides is 3. The Morgan fingerprint density at radius 1 is 1.16 bits per heavy atom. The number of carbonyl (C=O) groups excluding carboxylic acids is 1. The fourth-order valence-corrected chi connectivity index (χ4v) is 5.26. The first-order chi connectivity index (χ1) is 17.6. The van der Waals surface area contributed by atoms with Gasteiger partial charge >= 0.3 is 6.18 Å². The van der Waals surface area contributed by atoms with Gasteiger partial charge in [0.2, 0.25) is 5.91 Å². The van der Waals surface area contributed by atoms with Crippen LogP contribution >= 0.6 is 0 Å². The summed E-state index contributed by atoms with van der Waals surface area (Å²) in [7, 11) is 0. The number of hydrogen-bond donors (Lipinski definition) is 1. The molecular weight excluding hydrogens is 481 g/mol. The molecule has 2 aromatic rings. The van der Waals surface area contributed by atoms with Gasteiger partial charge in [0.05, 0.1) is 11.7 Å². The Morgan fingerprint density at radius 3 is 2.57 bits per heavy atom. The number of nitrogens with zero attached hydrogens (tertiary/aromatic N) is 3. The van der Waals surface area contributed by atoms with Gasteiger partial charge in [-0.3, -0.25) is 9.69 Å². The first-order valence-corrected chi connectivity index (χ1v) is 13.2. The number of benzene rings is 1. The lowest BCUT2D eigenvalue weighted by Crippen LogP contribution is -2.41. The summed E-state index contributed by atoms with van der Waals surface area (Å²) in [4.78, 5) is 21.1. The molecule has 3 heterocycles. The van der Waals surface area contributed by atoms with Crippen molar-refractivity contribution in [3.8, 4) is 5.75 Å². The minimum absolute atomic E-state index is 0.0646. The topological polar surface area (TPSA) is 57.7 Å². The third kappa shape index (κ3) is 6.94. The van der Waals surface area contributed by atoms with Gasteiger partial charge in [-0.2, -0.15) is 13.2 Å². The van der Waals surface area contributed by atoms with E-state index in [-0.39, 0.29) is 17.9 Å². The van der Waals surface area contributed by atoms with Crippen LogP contribution in [-0.2, 0) is 17.4 Å². The van der Waals surface area contributed by atoms with E-state index in [1.807, 2.05) is 18.7 Å². The Balaban J connectivity index is 1.17. The predicted octanol–water partition coefficient (Wildman–Crippen LogP) is 5.23. The molecule has 1 N–H and O–H groups in total. The van der Waals surface area contributed by atoms with Crippen LogP contribution in [0.4, 0.5) is 19.0 Å². The van der Waals surface area contributed by atoms with E-state index < -0.39 is 11.7 Å². The second-order valence-electron chi connectivity index (χ2n) is 10.3. The fourth-order valence-electron chi connectivity index (χ4n) is 5.26. The zero-order valence-corrected chi connectivity index (χ0v) is 21.9. The Hall–Kier alpha value is -2.81. The number of rotatable bonds is 8. The van der Waals surface area contributed by atoms with Gasteiger partial charge in [-0.25, -0.2) is 4.98 Å². The van der Waals surface area contributed by atoms with Crippen LogP contribution < -0.4 is 15.0 Å². The number of carbonyl (C=O) groups is 1. The number of amides is 1. The largest absolute Gasteiger partial charge is 0.491 e. The van der Waals surface area contributed by atoms with Crippen molar-refractivity contribution in [3.63, 3.8) is 0 Å². The molecule has 0 radical (unpaired) electrons. The summed E-state index contributed by atoms with van der Waals surface area (Å²) in [6.45, 7) is 10.1. The number of ether oxygens (including phenoxy) is 1. The summed E-state index contributed by atoms with van der Waals surface area (Å²) in [5.41, 5.74) is 1.95. The molecule has 4 rings (SSSR count). The standard InChI is InChI=1S/C28H37F3N4O2/c1-19(2)37-24-6-7-25-20(3)34(14-11-22(25)17-24)13-4-12-32-27(36)21-9-15-35(16-10-21)26-8-5-23(18-33-26)28(29,30)31/h5-8,17-21H,4,9-16H2,1-3H3,(H,32,36). The smallest absolute Gasteiger partial charge is 0.417 e. The molecule has 1 amide bonds. The summed E-state index contributed by atoms with van der Waals surface area (Å²) in [6, 6.07) is 9.19. The van der Waals surface area contributed by atoms with Crippen molar-refractivity contribution in [1.82, 2.24) is 15.2 Å². The molecule has 2 aliphatic heterocycles. The van der Waals surface area contributed by atoms with Crippen LogP contribution in [0.2, 0.25) is 0 Å². The molecule has 1 saturated heterocycles. The molecule has 1 unspecified atom stereocenters. The molecule has 6 nitrogen and oxygen atoms in total. The van der Waals surface area contributed by atoms with Crippen LogP contribution in [-0.4, -0.2) is 54.6 Å². The van der Waals surface area contributed by atoms with Gasteiger partial charge in [-0.05, 0) is 81.8 Å². The van der Waals surface area contributed by atoms with Gasteiger partial charge in [0.25, 0.3) is 0 Å². The van der Waals surface area contributed by atoms with Gasteiger partial charge in [0.1, 0.15) is 11.6 Å². The van der Waals surface area contributed by atoms with E-state index in [1.54, 1.807) is 0 Å². The van der Waals surface area contributed by atoms with Crippen LogP contribution in [0.15, 0.2) is 36.5 Å². The lowest BCUT2D eigenvalue weighted by Gasteiger charge is -2.35. The zero-order valence-electron chi connectivity index (χ0n) is 21.9. The van der Waals surface area contributed by atoms with Crippen LogP contribution in [0.3, 0.4) is 0 Å². The second kappa shape index (κ2) is 11.7. The number of piperidine rings is 1. The highest BCUT2D eigenvalue weighted by Gasteiger charge is 2.31. The maximum Gasteiger partial charge on any atom is 0.417 e. The molecule has 37 heavy (non-hydrogen) atoms. The predicted molar refractivity (Wildman–Crippen MR) is 138 cm³/mol. The van der Waals surface area contributed by atoms with E-state index in [0.717, 1.165) is 43.9 Å². The summed E-state index contributed by atoms with van der Waals surface area (Å²) in [6.07, 6.45) is -0.154. The minimum Gasteiger partial charge on any atom is -0.491 e. The zero-order chi connectivity index (χ0) is 26.6. The lowest BCUT2D eigenvalue weighted by atomic mass is 9.93. The molecular formula is C28H37F3N4O2. The molecule has 2 aliphatic rings. The molecule has 0 spiro atoms. The molecule has 1 atom stereocenters. The number of fused-ring (bicyclic) bond motifs is 1. The number of anilines is 1. The second-order valence-corrected chi connectivity index (χ2v) is 10.3. The molecule has 9 heteroatoms. The average molecular weight is 519 g/mol. The summed E-state index contributed by atoms with van der Waals surface area (Å²) >= 11 is 0. The first kappa shape index (κ1) is 27.2. The van der Waals surface area contributed by atoms with Gasteiger partial charge < -0.3 is 15.0 Å². The summed E-state index contributed by atoms with van der Waals surface area (Å²) < 4.78 is 44.1. The summed E-state index contributed by atoms with van der Waals surface area (Å²) in [5, 5.41) is 3.09. The van der Waals surface area contributed by atoms with Crippen molar-refractivity contribution < 1.29 is 22.7 Å². The summed E-state index contributed by atoms with van der Waals surface area (Å²) in [5.74, 6) is 1.44. The van der Waals surface area contributed by atoms with E-state index in [4.69, 9.17) is 4.74 Å². The van der Waals surface area contributed by atoms with Crippen molar-refractivity contribution in [1.29, 1.82) is 0 Å². The number of pyridine rings is 1. The highest BCUT2D eigenvalue weighted by molar-refractivity contribution is 5.78. The van der Waals surface area contributed by atoms with Crippen molar-refractivity contribution >= 4 is 11.7 Å². The number of aromatic nitrogens is 1. The quantitative estimate of drug-likeness (QED) is 0.485. The molecule has 1 fully saturated rings. The van der Waals surface area contributed by atoms with Gasteiger partial charge in [-0.15, -0.1) is 0 Å². The molecule has 0 bridgehead atoms. The first-order valence-electron chi connectivity index (χ1n) is 13.2. The molecule has 0 aliphatic carbocycles. The van der Waals surface area contributed by atoms with Gasteiger partial charge in [-0.1, -0.05) is 6.07 Å². The van der Waals surface area contributed by atoms with Gasteiger partial charge in [0.15, 0.2) is 0 Å². The molecule has 202 valence electrons.